The van der Waals surface area contributed by atoms with Gasteiger partial charge in [-0.3, -0.25) is 9.78 Å². The summed E-state index contributed by atoms with van der Waals surface area (Å²) in [5.41, 5.74) is 13.2. The summed E-state index contributed by atoms with van der Waals surface area (Å²) in [6, 6.07) is 7.20. The Balaban J connectivity index is 1.66. The number of nitrogens with two attached hydrogens (primary N) is 2. The maximum atomic E-state index is 15.9. The minimum absolute atomic E-state index is 0.0235. The smallest absolute Gasteiger partial charge is 0.349 e. The first-order valence-corrected chi connectivity index (χ1v) is 12.3. The van der Waals surface area contributed by atoms with Crippen LogP contribution in [0.15, 0.2) is 40.6 Å². The average molecular weight is 558 g/mol. The molecule has 1 aliphatic heterocycles. The van der Waals surface area contributed by atoms with E-state index in [9.17, 15) is 9.59 Å². The van der Waals surface area contributed by atoms with Crippen LogP contribution < -0.4 is 31.9 Å². The number of nitrogens with zero attached hydrogens (tertiary/aromatic N) is 3. The molecule has 0 radical (unpaired) electrons. The van der Waals surface area contributed by atoms with Crippen LogP contribution in [-0.4, -0.2) is 44.5 Å². The summed E-state index contributed by atoms with van der Waals surface area (Å²) < 4.78 is 33.1. The summed E-state index contributed by atoms with van der Waals surface area (Å²) in [6.07, 6.45) is 0. The molecule has 5 rings (SSSR count). The Hall–Kier alpha value is -4.34. The number of carbonyl (C=O) groups is 1. The summed E-state index contributed by atoms with van der Waals surface area (Å²) >= 11 is 5.98. The van der Waals surface area contributed by atoms with Gasteiger partial charge in [-0.2, -0.15) is 4.68 Å². The van der Waals surface area contributed by atoms with E-state index in [1.165, 1.54) is 18.7 Å². The van der Waals surface area contributed by atoms with Crippen LogP contribution in [0.25, 0.3) is 5.82 Å². The fourth-order valence-corrected chi connectivity index (χ4v) is 4.71. The van der Waals surface area contributed by atoms with Crippen molar-refractivity contribution in [1.29, 1.82) is 0 Å². The average Bonchev–Trinajstić information content (AvgIpc) is 3.55. The van der Waals surface area contributed by atoms with Crippen LogP contribution >= 0.6 is 23.6 Å². The third-order valence-corrected chi connectivity index (χ3v) is 6.79. The summed E-state index contributed by atoms with van der Waals surface area (Å²) in [5.74, 6) is -0.924. The van der Waals surface area contributed by atoms with Crippen LogP contribution in [-0.2, 0) is 11.3 Å². The van der Waals surface area contributed by atoms with E-state index in [2.05, 4.69) is 20.4 Å². The van der Waals surface area contributed by atoms with Crippen molar-refractivity contribution in [2.75, 3.05) is 19.2 Å². The van der Waals surface area contributed by atoms with Crippen molar-refractivity contribution in [1.82, 2.24) is 19.7 Å². The molecule has 1 unspecified atom stereocenters. The van der Waals surface area contributed by atoms with Gasteiger partial charge in [0.2, 0.25) is 0 Å². The highest BCUT2D eigenvalue weighted by Crippen LogP contribution is 2.41. The van der Waals surface area contributed by atoms with Gasteiger partial charge in [0.1, 0.15) is 21.7 Å². The van der Waals surface area contributed by atoms with Crippen molar-refractivity contribution in [2.45, 2.75) is 12.6 Å². The van der Waals surface area contributed by atoms with Gasteiger partial charge in [0.25, 0.3) is 5.91 Å². The highest BCUT2D eigenvalue weighted by atomic mass is 32.1. The number of fused-ring (bicyclic) bond motifs is 1. The molecule has 0 spiro atoms. The van der Waals surface area contributed by atoms with Gasteiger partial charge in [-0.25, -0.2) is 14.2 Å². The second-order valence-electron chi connectivity index (χ2n) is 8.02. The molecular weight excluding hydrogens is 537 g/mol. The zero-order valence-electron chi connectivity index (χ0n) is 19.7. The van der Waals surface area contributed by atoms with Crippen molar-refractivity contribution in [3.05, 3.63) is 79.5 Å². The number of primary amides is 1. The Morgan fingerprint density at radius 2 is 2.11 bits per heavy atom. The van der Waals surface area contributed by atoms with E-state index in [1.807, 2.05) is 0 Å². The number of rotatable bonds is 8. The number of aromatic amines is 1. The number of ether oxygens (including phenoxy) is 3. The fraction of sp³-hybridized carbons (Fsp3) is 0.174. The monoisotopic (exact) mass is 557 g/mol. The van der Waals surface area contributed by atoms with Gasteiger partial charge in [0, 0.05) is 16.8 Å². The number of carbonyl (C=O) groups excluding carboxylic acids is 1. The lowest BCUT2D eigenvalue weighted by Crippen LogP contribution is -2.20. The van der Waals surface area contributed by atoms with Crippen LogP contribution in [0.5, 0.6) is 11.5 Å². The molecular formula is C23H20FN7O5S2. The normalized spacial score (nSPS) is 13.3. The Kier molecular flexibility index (Phi) is 6.79. The number of amides is 1. The van der Waals surface area contributed by atoms with E-state index in [0.29, 0.717) is 11.3 Å². The number of anilines is 1. The molecule has 0 bridgehead atoms. The van der Waals surface area contributed by atoms with Crippen molar-refractivity contribution >= 4 is 40.1 Å². The minimum Gasteiger partial charge on any atom is -0.493 e. The summed E-state index contributed by atoms with van der Waals surface area (Å²) in [5, 5.41) is 7.52. The summed E-state index contributed by atoms with van der Waals surface area (Å²) in [7, 11) is 1.43. The molecule has 2 aromatic heterocycles. The van der Waals surface area contributed by atoms with Crippen LogP contribution in [0.1, 0.15) is 38.2 Å². The molecule has 2 aromatic carbocycles. The number of hydrogen-bond acceptors (Lipinski definition) is 10. The number of nitrogens with one attached hydrogen (secondary N) is 2. The van der Waals surface area contributed by atoms with E-state index < -0.39 is 23.5 Å². The Morgan fingerprint density at radius 3 is 2.79 bits per heavy atom. The van der Waals surface area contributed by atoms with Crippen molar-refractivity contribution in [3.8, 4) is 17.3 Å². The Labute approximate surface area is 223 Å². The number of methoxy groups -OCH3 is 1. The first-order valence-electron chi connectivity index (χ1n) is 11.0. The molecule has 0 saturated heterocycles. The maximum absolute atomic E-state index is 15.9. The molecule has 1 aliphatic rings. The predicted octanol–water partition coefficient (Wildman–Crippen LogP) is 1.97. The number of thiazole rings is 1. The number of hydrogen-bond donors (Lipinski definition) is 4. The molecule has 0 aliphatic carbocycles. The van der Waals surface area contributed by atoms with Crippen LogP contribution in [0.4, 0.5) is 10.1 Å². The number of benzene rings is 2. The first kappa shape index (κ1) is 25.3. The van der Waals surface area contributed by atoms with Crippen molar-refractivity contribution < 1.29 is 23.4 Å². The number of aromatic nitrogens is 4. The summed E-state index contributed by atoms with van der Waals surface area (Å²) in [6.45, 7) is -0.0980. The zero-order valence-corrected chi connectivity index (χ0v) is 21.3. The lowest BCUT2D eigenvalue weighted by molar-refractivity contribution is -0.0200. The molecule has 0 fully saturated rings. The topological polar surface area (TPSA) is 172 Å². The predicted molar refractivity (Wildman–Crippen MR) is 139 cm³/mol. The van der Waals surface area contributed by atoms with Crippen LogP contribution in [0.3, 0.4) is 0 Å². The minimum atomic E-state index is -1.04. The highest BCUT2D eigenvalue weighted by molar-refractivity contribution is 7.80. The van der Waals surface area contributed by atoms with E-state index in [1.54, 1.807) is 24.3 Å². The van der Waals surface area contributed by atoms with Gasteiger partial charge in [0.05, 0.1) is 24.8 Å². The van der Waals surface area contributed by atoms with Crippen LogP contribution in [0, 0.1) is 5.82 Å². The Bertz CT molecular complexity index is 1600. The molecule has 0 saturated carbocycles. The molecule has 38 heavy (non-hydrogen) atoms. The van der Waals surface area contributed by atoms with Gasteiger partial charge < -0.3 is 31.0 Å². The molecule has 3 heterocycles. The lowest BCUT2D eigenvalue weighted by Gasteiger charge is -2.25. The van der Waals surface area contributed by atoms with E-state index in [-0.39, 0.29) is 57.5 Å². The molecule has 196 valence electrons. The van der Waals surface area contributed by atoms with Gasteiger partial charge in [-0.05, 0) is 30.3 Å². The SMILES string of the molecule is COc1cc(C(Nc2ccc(C(N)=S)cc2)c2nn(-c3ncsc3C(N)=O)c(=O)[nH]2)c(F)c2c1OCOC2. The summed E-state index contributed by atoms with van der Waals surface area (Å²) in [4.78, 5) is 31.7. The fourth-order valence-electron chi connectivity index (χ4n) is 3.95. The quantitative estimate of drug-likeness (QED) is 0.235. The van der Waals surface area contributed by atoms with Crippen molar-refractivity contribution in [2.24, 2.45) is 11.5 Å². The van der Waals surface area contributed by atoms with Crippen molar-refractivity contribution in [3.63, 3.8) is 0 Å². The molecule has 6 N–H and O–H groups in total. The molecule has 12 nitrogen and oxygen atoms in total. The number of thiocarbonyl (C=S) groups is 1. The number of H-pyrrole nitrogens is 1. The van der Waals surface area contributed by atoms with Gasteiger partial charge >= 0.3 is 5.69 Å². The van der Waals surface area contributed by atoms with Crippen LogP contribution in [0.2, 0.25) is 0 Å². The molecule has 1 amide bonds. The first-order chi connectivity index (χ1) is 18.3. The van der Waals surface area contributed by atoms with E-state index >= 15 is 4.39 Å². The second kappa shape index (κ2) is 10.2. The van der Waals surface area contributed by atoms with E-state index in [4.69, 9.17) is 37.9 Å². The van der Waals surface area contributed by atoms with E-state index in [0.717, 1.165) is 16.0 Å². The largest absolute Gasteiger partial charge is 0.493 e. The second-order valence-corrected chi connectivity index (χ2v) is 9.31. The maximum Gasteiger partial charge on any atom is 0.349 e. The lowest BCUT2D eigenvalue weighted by atomic mass is 9.99. The highest BCUT2D eigenvalue weighted by Gasteiger charge is 2.31. The third-order valence-electron chi connectivity index (χ3n) is 5.73. The number of halogens is 1. The van der Waals surface area contributed by atoms with Gasteiger partial charge in [-0.1, -0.05) is 12.2 Å². The zero-order chi connectivity index (χ0) is 27.0. The molecule has 4 aromatic rings. The third kappa shape index (κ3) is 4.57. The van der Waals surface area contributed by atoms with Gasteiger partial charge in [0.15, 0.2) is 29.9 Å². The standard InChI is InChI=1S/C23H20FN7O5S2/c1-34-14-6-12(15(24)13-7-35-9-36-17(13)14)16(28-11-4-2-10(3-5-11)20(26)37)21-29-23(33)31(30-21)22-18(19(25)32)38-8-27-22/h2-6,8,16,28H,7,9H2,1H3,(H2,25,32)(H2,26,37)(H,29,30,33). The van der Waals surface area contributed by atoms with Gasteiger partial charge in [-0.15, -0.1) is 16.4 Å². The molecule has 15 heteroatoms. The Morgan fingerprint density at radius 1 is 1.34 bits per heavy atom. The molecule has 1 atom stereocenters.